The largest absolute Gasteiger partial charge is 0.490 e. The van der Waals surface area contributed by atoms with Crippen LogP contribution in [-0.4, -0.2) is 65.6 Å². The maximum atomic E-state index is 13.1. The molecule has 0 atom stereocenters. The van der Waals surface area contributed by atoms with Gasteiger partial charge in [-0.05, 0) is 102 Å². The fourth-order valence-corrected chi connectivity index (χ4v) is 5.55. The van der Waals surface area contributed by atoms with Gasteiger partial charge < -0.3 is 19.7 Å². The van der Waals surface area contributed by atoms with Crippen LogP contribution >= 0.6 is 34.4 Å². The molecular formula is C26H25FIN3O6S. The Morgan fingerprint density at radius 2 is 1.84 bits per heavy atom. The van der Waals surface area contributed by atoms with Crippen molar-refractivity contribution in [2.45, 2.75) is 19.8 Å². The Labute approximate surface area is 236 Å². The number of nitrogens with zero attached hydrogens (tertiary/aromatic N) is 2. The molecule has 4 amide bonds. The predicted molar refractivity (Wildman–Crippen MR) is 149 cm³/mol. The van der Waals surface area contributed by atoms with Crippen LogP contribution in [-0.2, 0) is 14.4 Å². The number of anilines is 1. The lowest BCUT2D eigenvalue weighted by Gasteiger charge is -2.18. The van der Waals surface area contributed by atoms with Gasteiger partial charge in [-0.2, -0.15) is 0 Å². The number of hydrogen-bond acceptors (Lipinski definition) is 7. The molecule has 2 heterocycles. The molecule has 0 aliphatic carbocycles. The summed E-state index contributed by atoms with van der Waals surface area (Å²) in [5.74, 6) is -0.874. The van der Waals surface area contributed by atoms with Gasteiger partial charge in [0.1, 0.15) is 12.4 Å². The van der Waals surface area contributed by atoms with Crippen LogP contribution in [0.2, 0.25) is 0 Å². The number of thioether (sulfide) groups is 1. The fraction of sp³-hybridized carbons (Fsp3) is 0.308. The lowest BCUT2D eigenvalue weighted by molar-refractivity contribution is -0.135. The van der Waals surface area contributed by atoms with E-state index in [1.807, 2.05) is 22.6 Å². The van der Waals surface area contributed by atoms with Crippen molar-refractivity contribution in [1.29, 1.82) is 0 Å². The van der Waals surface area contributed by atoms with Crippen molar-refractivity contribution in [2.75, 3.05) is 38.2 Å². The molecule has 2 fully saturated rings. The summed E-state index contributed by atoms with van der Waals surface area (Å²) in [4.78, 5) is 53.0. The monoisotopic (exact) mass is 653 g/mol. The normalized spacial score (nSPS) is 16.3. The molecule has 0 unspecified atom stereocenters. The molecule has 2 saturated heterocycles. The number of ether oxygens (including phenoxy) is 2. The van der Waals surface area contributed by atoms with Crippen LogP contribution in [0, 0.1) is 9.39 Å². The van der Waals surface area contributed by atoms with Gasteiger partial charge >= 0.3 is 0 Å². The van der Waals surface area contributed by atoms with Gasteiger partial charge in [0.25, 0.3) is 17.1 Å². The zero-order valence-electron chi connectivity index (χ0n) is 20.5. The first kappa shape index (κ1) is 27.9. The molecule has 0 spiro atoms. The third-order valence-electron chi connectivity index (χ3n) is 5.73. The van der Waals surface area contributed by atoms with Crippen LogP contribution in [0.3, 0.4) is 0 Å². The second-order valence-corrected chi connectivity index (χ2v) is 10.6. The molecule has 9 nitrogen and oxygen atoms in total. The van der Waals surface area contributed by atoms with E-state index in [1.165, 1.54) is 24.3 Å². The highest BCUT2D eigenvalue weighted by Gasteiger charge is 2.37. The van der Waals surface area contributed by atoms with E-state index in [2.05, 4.69) is 5.32 Å². The van der Waals surface area contributed by atoms with Crippen molar-refractivity contribution in [1.82, 2.24) is 9.80 Å². The van der Waals surface area contributed by atoms with Crippen molar-refractivity contribution in [3.05, 3.63) is 56.3 Å². The summed E-state index contributed by atoms with van der Waals surface area (Å²) < 4.78 is 25.1. The van der Waals surface area contributed by atoms with Gasteiger partial charge in [0.15, 0.2) is 18.1 Å². The molecule has 2 aromatic rings. The smallest absolute Gasteiger partial charge is 0.294 e. The Hall–Kier alpha value is -3.13. The van der Waals surface area contributed by atoms with E-state index in [0.29, 0.717) is 46.0 Å². The maximum Gasteiger partial charge on any atom is 0.294 e. The van der Waals surface area contributed by atoms with Crippen molar-refractivity contribution in [2.24, 2.45) is 0 Å². The van der Waals surface area contributed by atoms with Crippen molar-refractivity contribution in [3.63, 3.8) is 0 Å². The summed E-state index contributed by atoms with van der Waals surface area (Å²) in [6.45, 7) is 2.84. The lowest BCUT2D eigenvalue weighted by atomic mass is 10.2. The average molecular weight is 653 g/mol. The third-order valence-corrected chi connectivity index (χ3v) is 7.44. The summed E-state index contributed by atoms with van der Waals surface area (Å²) in [5, 5.41) is 2.14. The molecule has 0 saturated carbocycles. The first-order chi connectivity index (χ1) is 18.2. The van der Waals surface area contributed by atoms with E-state index in [4.69, 9.17) is 9.47 Å². The van der Waals surface area contributed by atoms with E-state index in [1.54, 1.807) is 30.0 Å². The molecule has 12 heteroatoms. The quantitative estimate of drug-likeness (QED) is 0.314. The van der Waals surface area contributed by atoms with Crippen LogP contribution in [0.1, 0.15) is 25.3 Å². The molecule has 38 heavy (non-hydrogen) atoms. The van der Waals surface area contributed by atoms with Crippen molar-refractivity contribution >= 4 is 69.1 Å². The zero-order chi connectivity index (χ0) is 27.2. The number of hydrogen-bond donors (Lipinski definition) is 1. The molecule has 200 valence electrons. The molecule has 0 radical (unpaired) electrons. The van der Waals surface area contributed by atoms with Gasteiger partial charge in [-0.15, -0.1) is 0 Å². The SMILES string of the molecule is CCOc1cc(/C=C2/SC(=O)N(CC(=O)N3CCCC3)C2=O)cc(I)c1OCC(=O)Nc1ccc(F)cc1. The maximum absolute atomic E-state index is 13.1. The van der Waals surface area contributed by atoms with Crippen LogP contribution < -0.4 is 14.8 Å². The van der Waals surface area contributed by atoms with Gasteiger partial charge in [-0.3, -0.25) is 24.1 Å². The molecule has 2 aliphatic rings. The predicted octanol–water partition coefficient (Wildman–Crippen LogP) is 4.51. The number of carbonyl (C=O) groups excluding carboxylic acids is 4. The van der Waals surface area contributed by atoms with E-state index >= 15 is 0 Å². The molecule has 1 N–H and O–H groups in total. The highest BCUT2D eigenvalue weighted by atomic mass is 127. The first-order valence-corrected chi connectivity index (χ1v) is 13.8. The Balaban J connectivity index is 1.45. The summed E-state index contributed by atoms with van der Waals surface area (Å²) in [5.41, 5.74) is 1.03. The number of amides is 4. The number of carbonyl (C=O) groups is 4. The fourth-order valence-electron chi connectivity index (χ4n) is 3.93. The van der Waals surface area contributed by atoms with E-state index < -0.39 is 22.9 Å². The number of nitrogens with one attached hydrogen (secondary N) is 1. The van der Waals surface area contributed by atoms with Crippen molar-refractivity contribution in [3.8, 4) is 11.5 Å². The van der Waals surface area contributed by atoms with Crippen molar-refractivity contribution < 1.29 is 33.0 Å². The summed E-state index contributed by atoms with van der Waals surface area (Å²) in [6, 6.07) is 8.77. The highest BCUT2D eigenvalue weighted by molar-refractivity contribution is 14.1. The Bertz CT molecular complexity index is 1280. The van der Waals surface area contributed by atoms with Crippen LogP contribution in [0.25, 0.3) is 6.08 Å². The number of halogens is 2. The Kier molecular flexibility index (Phi) is 9.26. The van der Waals surface area contributed by atoms with Crippen LogP contribution in [0.4, 0.5) is 14.9 Å². The highest BCUT2D eigenvalue weighted by Crippen LogP contribution is 2.37. The number of benzene rings is 2. The molecule has 0 bridgehead atoms. The minimum absolute atomic E-state index is 0.204. The number of imide groups is 1. The molecule has 2 aromatic carbocycles. The summed E-state index contributed by atoms with van der Waals surface area (Å²) in [6.07, 6.45) is 3.42. The second kappa shape index (κ2) is 12.6. The standard InChI is InChI=1S/C26H25FIN3O6S/c1-2-36-20-12-16(11-19(28)24(20)37-15-22(32)29-18-7-5-17(27)6-8-18)13-21-25(34)31(26(35)38-21)14-23(33)30-9-3-4-10-30/h5-8,11-13H,2-4,9-10,14-15H2,1H3,(H,29,32)/b21-13+. The van der Waals surface area contributed by atoms with E-state index in [-0.39, 0.29) is 24.0 Å². The number of likely N-dealkylation sites (tertiary alicyclic amines) is 1. The Morgan fingerprint density at radius 1 is 1.13 bits per heavy atom. The third kappa shape index (κ3) is 6.84. The lowest BCUT2D eigenvalue weighted by Crippen LogP contribution is -2.40. The molecule has 2 aliphatic heterocycles. The minimum Gasteiger partial charge on any atom is -0.490 e. The summed E-state index contributed by atoms with van der Waals surface area (Å²) >= 11 is 2.82. The number of rotatable bonds is 9. The topological polar surface area (TPSA) is 105 Å². The van der Waals surface area contributed by atoms with Crippen LogP contribution in [0.15, 0.2) is 41.3 Å². The van der Waals surface area contributed by atoms with Crippen LogP contribution in [0.5, 0.6) is 11.5 Å². The van der Waals surface area contributed by atoms with Gasteiger partial charge in [-0.1, -0.05) is 0 Å². The van der Waals surface area contributed by atoms with Gasteiger partial charge in [0.05, 0.1) is 15.1 Å². The zero-order valence-corrected chi connectivity index (χ0v) is 23.5. The minimum atomic E-state index is -0.515. The van der Waals surface area contributed by atoms with E-state index in [0.717, 1.165) is 29.5 Å². The van der Waals surface area contributed by atoms with Gasteiger partial charge in [0, 0.05) is 18.8 Å². The first-order valence-electron chi connectivity index (χ1n) is 11.9. The van der Waals surface area contributed by atoms with E-state index in [9.17, 15) is 23.6 Å². The molecule has 0 aromatic heterocycles. The molecular weight excluding hydrogens is 628 g/mol. The van der Waals surface area contributed by atoms with Gasteiger partial charge in [0.2, 0.25) is 5.91 Å². The average Bonchev–Trinajstić information content (AvgIpc) is 3.50. The summed E-state index contributed by atoms with van der Waals surface area (Å²) in [7, 11) is 0. The second-order valence-electron chi connectivity index (χ2n) is 8.46. The molecule has 4 rings (SSSR count). The Morgan fingerprint density at radius 3 is 2.53 bits per heavy atom. The van der Waals surface area contributed by atoms with Gasteiger partial charge in [-0.25, -0.2) is 4.39 Å².